The molecule has 2 aromatic carbocycles. The van der Waals surface area contributed by atoms with Gasteiger partial charge in [0.1, 0.15) is 12.1 Å². The summed E-state index contributed by atoms with van der Waals surface area (Å²) in [6, 6.07) is 10.7. The molecule has 90 valence electrons. The van der Waals surface area contributed by atoms with Crippen molar-refractivity contribution in [1.82, 2.24) is 9.55 Å². The first-order chi connectivity index (χ1) is 8.66. The molecule has 0 aliphatic rings. The third kappa shape index (κ3) is 1.74. The van der Waals surface area contributed by atoms with Gasteiger partial charge in [0.25, 0.3) is 0 Å². The van der Waals surface area contributed by atoms with E-state index in [1.807, 2.05) is 46.9 Å². The van der Waals surface area contributed by atoms with Crippen LogP contribution in [0.2, 0.25) is 0 Å². The number of fused-ring (bicyclic) bond motifs is 1. The second-order valence-corrected chi connectivity index (χ2v) is 5.09. The van der Waals surface area contributed by atoms with Crippen molar-refractivity contribution in [3.8, 4) is 5.69 Å². The van der Waals surface area contributed by atoms with Crippen molar-refractivity contribution in [3.05, 3.63) is 52.1 Å². The van der Waals surface area contributed by atoms with E-state index in [9.17, 15) is 4.39 Å². The third-order valence-electron chi connectivity index (χ3n) is 2.78. The zero-order valence-corrected chi connectivity index (χ0v) is 11.4. The quantitative estimate of drug-likeness (QED) is 0.539. The molecule has 0 spiro atoms. The van der Waals surface area contributed by atoms with Gasteiger partial charge in [0.05, 0.1) is 26.0 Å². The number of halogens is 2. The van der Waals surface area contributed by atoms with Crippen LogP contribution in [0.25, 0.3) is 16.7 Å². The SMILES string of the molecule is Nc1cc(I)c(F)cc1-n1cnc2ccccc21. The summed E-state index contributed by atoms with van der Waals surface area (Å²) in [6.45, 7) is 0. The van der Waals surface area contributed by atoms with E-state index in [1.54, 1.807) is 17.0 Å². The Hall–Kier alpha value is -1.63. The first-order valence-corrected chi connectivity index (χ1v) is 6.41. The summed E-state index contributed by atoms with van der Waals surface area (Å²) in [7, 11) is 0. The van der Waals surface area contributed by atoms with E-state index < -0.39 is 0 Å². The fraction of sp³-hybridized carbons (Fsp3) is 0. The predicted octanol–water partition coefficient (Wildman–Crippen LogP) is 3.35. The van der Waals surface area contributed by atoms with Gasteiger partial charge in [-0.25, -0.2) is 9.37 Å². The van der Waals surface area contributed by atoms with Crippen molar-refractivity contribution in [3.63, 3.8) is 0 Å². The summed E-state index contributed by atoms with van der Waals surface area (Å²) in [5.41, 5.74) is 8.86. The minimum absolute atomic E-state index is 0.280. The fourth-order valence-corrected chi connectivity index (χ4v) is 2.40. The third-order valence-corrected chi connectivity index (χ3v) is 3.61. The molecule has 1 aromatic heterocycles. The lowest BCUT2D eigenvalue weighted by Gasteiger charge is -2.09. The molecule has 18 heavy (non-hydrogen) atoms. The fourth-order valence-electron chi connectivity index (χ4n) is 1.91. The van der Waals surface area contributed by atoms with Gasteiger partial charge in [-0.3, -0.25) is 4.57 Å². The van der Waals surface area contributed by atoms with Crippen LogP contribution < -0.4 is 5.73 Å². The Balaban J connectivity index is 2.29. The predicted molar refractivity (Wildman–Crippen MR) is 78.2 cm³/mol. The average molecular weight is 353 g/mol. The lowest BCUT2D eigenvalue weighted by Crippen LogP contribution is -2.00. The van der Waals surface area contributed by atoms with Crippen LogP contribution in [0.3, 0.4) is 0 Å². The highest BCUT2D eigenvalue weighted by molar-refractivity contribution is 14.1. The summed E-state index contributed by atoms with van der Waals surface area (Å²) in [6.07, 6.45) is 1.66. The van der Waals surface area contributed by atoms with Gasteiger partial charge < -0.3 is 5.73 Å². The molecule has 0 atom stereocenters. The van der Waals surface area contributed by atoms with Crippen LogP contribution in [0.5, 0.6) is 0 Å². The Morgan fingerprint density at radius 3 is 2.83 bits per heavy atom. The Bertz CT molecular complexity index is 736. The number of anilines is 1. The van der Waals surface area contributed by atoms with Gasteiger partial charge in [-0.05, 0) is 40.8 Å². The molecule has 0 unspecified atom stereocenters. The lowest BCUT2D eigenvalue weighted by molar-refractivity contribution is 0.619. The smallest absolute Gasteiger partial charge is 0.138 e. The molecule has 0 aliphatic carbocycles. The maximum atomic E-state index is 13.7. The van der Waals surface area contributed by atoms with E-state index in [0.29, 0.717) is 14.9 Å². The first-order valence-electron chi connectivity index (χ1n) is 5.34. The van der Waals surface area contributed by atoms with E-state index in [4.69, 9.17) is 5.73 Å². The number of aromatic nitrogens is 2. The van der Waals surface area contributed by atoms with Crippen molar-refractivity contribution in [2.45, 2.75) is 0 Å². The number of rotatable bonds is 1. The first kappa shape index (κ1) is 11.5. The van der Waals surface area contributed by atoms with Crippen LogP contribution in [-0.4, -0.2) is 9.55 Å². The normalized spacial score (nSPS) is 11.0. The molecule has 0 radical (unpaired) electrons. The number of hydrogen-bond acceptors (Lipinski definition) is 2. The van der Waals surface area contributed by atoms with Crippen molar-refractivity contribution in [2.75, 3.05) is 5.73 Å². The number of para-hydroxylation sites is 2. The van der Waals surface area contributed by atoms with Gasteiger partial charge in [0.2, 0.25) is 0 Å². The average Bonchev–Trinajstić information content (AvgIpc) is 2.78. The molecular formula is C13H9FIN3. The zero-order valence-electron chi connectivity index (χ0n) is 9.27. The highest BCUT2D eigenvalue weighted by Crippen LogP contribution is 2.26. The molecule has 0 saturated carbocycles. The Labute approximate surface area is 117 Å². The van der Waals surface area contributed by atoms with Crippen LogP contribution in [0.15, 0.2) is 42.7 Å². The van der Waals surface area contributed by atoms with Crippen LogP contribution >= 0.6 is 22.6 Å². The maximum absolute atomic E-state index is 13.7. The zero-order chi connectivity index (χ0) is 12.7. The second kappa shape index (κ2) is 4.24. The van der Waals surface area contributed by atoms with Crippen molar-refractivity contribution in [2.24, 2.45) is 0 Å². The molecule has 3 nitrogen and oxygen atoms in total. The highest BCUT2D eigenvalue weighted by atomic mass is 127. The Morgan fingerprint density at radius 2 is 2.00 bits per heavy atom. The van der Waals surface area contributed by atoms with Gasteiger partial charge in [-0.1, -0.05) is 12.1 Å². The number of hydrogen-bond donors (Lipinski definition) is 1. The molecule has 3 aromatic rings. The molecule has 0 saturated heterocycles. The van der Waals surface area contributed by atoms with Crippen LogP contribution in [0, 0.1) is 9.39 Å². The maximum Gasteiger partial charge on any atom is 0.138 e. The van der Waals surface area contributed by atoms with Gasteiger partial charge >= 0.3 is 0 Å². The summed E-state index contributed by atoms with van der Waals surface area (Å²) in [5, 5.41) is 0. The summed E-state index contributed by atoms with van der Waals surface area (Å²) in [4.78, 5) is 4.27. The molecule has 0 fully saturated rings. The monoisotopic (exact) mass is 353 g/mol. The molecule has 0 bridgehead atoms. The van der Waals surface area contributed by atoms with Gasteiger partial charge in [0, 0.05) is 6.07 Å². The second-order valence-electron chi connectivity index (χ2n) is 3.93. The molecular weight excluding hydrogens is 344 g/mol. The van der Waals surface area contributed by atoms with Crippen molar-refractivity contribution in [1.29, 1.82) is 0 Å². The molecule has 2 N–H and O–H groups in total. The topological polar surface area (TPSA) is 43.8 Å². The molecule has 0 aliphatic heterocycles. The minimum Gasteiger partial charge on any atom is -0.397 e. The van der Waals surface area contributed by atoms with Crippen LogP contribution in [-0.2, 0) is 0 Å². The number of imidazole rings is 1. The summed E-state index contributed by atoms with van der Waals surface area (Å²) >= 11 is 1.92. The van der Waals surface area contributed by atoms with Crippen LogP contribution in [0.1, 0.15) is 0 Å². The summed E-state index contributed by atoms with van der Waals surface area (Å²) in [5.74, 6) is -0.280. The van der Waals surface area contributed by atoms with E-state index in [0.717, 1.165) is 11.0 Å². The van der Waals surface area contributed by atoms with Gasteiger partial charge in [-0.2, -0.15) is 0 Å². The van der Waals surface area contributed by atoms with Gasteiger partial charge in [0.15, 0.2) is 0 Å². The van der Waals surface area contributed by atoms with Crippen molar-refractivity contribution < 1.29 is 4.39 Å². The van der Waals surface area contributed by atoms with Crippen LogP contribution in [0.4, 0.5) is 10.1 Å². The molecule has 3 rings (SSSR count). The number of nitrogen functional groups attached to an aromatic ring is 1. The van der Waals surface area contributed by atoms with E-state index in [2.05, 4.69) is 4.98 Å². The molecule has 5 heteroatoms. The Morgan fingerprint density at radius 1 is 1.22 bits per heavy atom. The standard InChI is InChI=1S/C13H9FIN3/c14-8-5-13(10(16)6-9(8)15)18-7-17-11-3-1-2-4-12(11)18/h1-7H,16H2. The number of benzene rings is 2. The lowest BCUT2D eigenvalue weighted by atomic mass is 10.2. The Kier molecular flexibility index (Phi) is 2.70. The van der Waals surface area contributed by atoms with E-state index >= 15 is 0 Å². The van der Waals surface area contributed by atoms with E-state index in [1.165, 1.54) is 6.07 Å². The largest absolute Gasteiger partial charge is 0.397 e. The number of nitrogens with zero attached hydrogens (tertiary/aromatic N) is 2. The van der Waals surface area contributed by atoms with Crippen molar-refractivity contribution >= 4 is 39.3 Å². The van der Waals surface area contributed by atoms with Gasteiger partial charge in [-0.15, -0.1) is 0 Å². The molecule has 0 amide bonds. The highest BCUT2D eigenvalue weighted by Gasteiger charge is 2.10. The van der Waals surface area contributed by atoms with E-state index in [-0.39, 0.29) is 5.82 Å². The summed E-state index contributed by atoms with van der Waals surface area (Å²) < 4.78 is 16.0. The number of nitrogens with two attached hydrogens (primary N) is 1. The molecule has 1 heterocycles. The minimum atomic E-state index is -0.280.